The van der Waals surface area contributed by atoms with Gasteiger partial charge in [-0.1, -0.05) is 60.7 Å². The van der Waals surface area contributed by atoms with Crippen LogP contribution in [0.15, 0.2) is 78.9 Å². The van der Waals surface area contributed by atoms with Crippen molar-refractivity contribution < 1.29 is 19.0 Å². The van der Waals surface area contributed by atoms with Crippen molar-refractivity contribution in [2.45, 2.75) is 20.1 Å². The van der Waals surface area contributed by atoms with Crippen molar-refractivity contribution in [2.75, 3.05) is 0 Å². The number of hydrogen-bond donors (Lipinski definition) is 0. The number of rotatable bonds is 7. The highest BCUT2D eigenvalue weighted by molar-refractivity contribution is 5.69. The van der Waals surface area contributed by atoms with Crippen molar-refractivity contribution in [3.63, 3.8) is 0 Å². The minimum atomic E-state index is -0.378. The Morgan fingerprint density at radius 2 is 1.27 bits per heavy atom. The van der Waals surface area contributed by atoms with Crippen LogP contribution >= 0.6 is 0 Å². The summed E-state index contributed by atoms with van der Waals surface area (Å²) < 4.78 is 17.0. The zero-order valence-corrected chi connectivity index (χ0v) is 14.6. The van der Waals surface area contributed by atoms with Crippen LogP contribution in [0.2, 0.25) is 0 Å². The van der Waals surface area contributed by atoms with E-state index < -0.39 is 0 Å². The number of esters is 1. The van der Waals surface area contributed by atoms with Gasteiger partial charge < -0.3 is 14.2 Å². The maximum atomic E-state index is 11.2. The summed E-state index contributed by atoms with van der Waals surface area (Å²) in [4.78, 5) is 11.2. The molecule has 0 amide bonds. The van der Waals surface area contributed by atoms with Gasteiger partial charge in [0.15, 0.2) is 11.5 Å². The lowest BCUT2D eigenvalue weighted by Crippen LogP contribution is -2.04. The van der Waals surface area contributed by atoms with E-state index in [0.29, 0.717) is 30.5 Å². The SMILES string of the molecule is CC(=O)Oc1ccc(OCc2ccccc2)c(OCc2ccccc2)c1. The largest absolute Gasteiger partial charge is 0.485 e. The Morgan fingerprint density at radius 3 is 1.81 bits per heavy atom. The Hall–Kier alpha value is -3.27. The first-order chi connectivity index (χ1) is 12.7. The minimum Gasteiger partial charge on any atom is -0.485 e. The Kier molecular flexibility index (Phi) is 5.88. The summed E-state index contributed by atoms with van der Waals surface area (Å²) >= 11 is 0. The smallest absolute Gasteiger partial charge is 0.308 e. The molecule has 0 saturated carbocycles. The lowest BCUT2D eigenvalue weighted by Gasteiger charge is -2.14. The molecule has 0 aliphatic rings. The van der Waals surface area contributed by atoms with E-state index >= 15 is 0 Å². The lowest BCUT2D eigenvalue weighted by atomic mass is 10.2. The van der Waals surface area contributed by atoms with Crippen molar-refractivity contribution in [1.29, 1.82) is 0 Å². The minimum absolute atomic E-state index is 0.378. The van der Waals surface area contributed by atoms with Gasteiger partial charge in [-0.15, -0.1) is 0 Å². The van der Waals surface area contributed by atoms with Crippen molar-refractivity contribution in [3.05, 3.63) is 90.0 Å². The van der Waals surface area contributed by atoms with E-state index in [-0.39, 0.29) is 5.97 Å². The van der Waals surface area contributed by atoms with Crippen LogP contribution in [0.4, 0.5) is 0 Å². The van der Waals surface area contributed by atoms with E-state index in [9.17, 15) is 4.79 Å². The molecule has 0 aliphatic heterocycles. The summed E-state index contributed by atoms with van der Waals surface area (Å²) in [6.45, 7) is 2.19. The molecule has 0 N–H and O–H groups in total. The van der Waals surface area contributed by atoms with Gasteiger partial charge in [-0.3, -0.25) is 4.79 Å². The van der Waals surface area contributed by atoms with Crippen LogP contribution in [0.25, 0.3) is 0 Å². The molecule has 0 radical (unpaired) electrons. The zero-order valence-electron chi connectivity index (χ0n) is 14.6. The predicted octanol–water partition coefficient (Wildman–Crippen LogP) is 4.77. The monoisotopic (exact) mass is 348 g/mol. The molecule has 0 aromatic heterocycles. The quantitative estimate of drug-likeness (QED) is 0.456. The third kappa shape index (κ3) is 5.11. The summed E-state index contributed by atoms with van der Waals surface area (Å²) in [6, 6.07) is 24.9. The maximum Gasteiger partial charge on any atom is 0.308 e. The van der Waals surface area contributed by atoms with E-state index in [2.05, 4.69) is 0 Å². The Labute approximate surface area is 153 Å². The van der Waals surface area contributed by atoms with Crippen LogP contribution in [-0.2, 0) is 18.0 Å². The molecule has 4 heteroatoms. The number of ether oxygens (including phenoxy) is 3. The molecule has 26 heavy (non-hydrogen) atoms. The molecule has 132 valence electrons. The predicted molar refractivity (Wildman–Crippen MR) is 99.3 cm³/mol. The molecular formula is C22H20O4. The molecule has 0 aliphatic carbocycles. The molecule has 0 fully saturated rings. The van der Waals surface area contributed by atoms with Gasteiger partial charge in [-0.25, -0.2) is 0 Å². The first kappa shape index (κ1) is 17.5. The Balaban J connectivity index is 1.76. The van der Waals surface area contributed by atoms with Crippen LogP contribution in [0.1, 0.15) is 18.1 Å². The summed E-state index contributed by atoms with van der Waals surface area (Å²) in [6.07, 6.45) is 0. The van der Waals surface area contributed by atoms with E-state index in [1.165, 1.54) is 6.92 Å². The molecule has 0 spiro atoms. The highest BCUT2D eigenvalue weighted by atomic mass is 16.5. The van der Waals surface area contributed by atoms with Gasteiger partial charge in [0.05, 0.1) is 0 Å². The average Bonchev–Trinajstić information content (AvgIpc) is 2.67. The molecule has 3 aromatic rings. The molecule has 0 saturated heterocycles. The molecular weight excluding hydrogens is 328 g/mol. The normalized spacial score (nSPS) is 10.2. The second-order valence-electron chi connectivity index (χ2n) is 5.75. The Bertz CT molecular complexity index is 845. The fourth-order valence-corrected chi connectivity index (χ4v) is 2.42. The standard InChI is InChI=1S/C22H20O4/c1-17(23)26-20-12-13-21(24-15-18-8-4-2-5-9-18)22(14-20)25-16-19-10-6-3-7-11-19/h2-14H,15-16H2,1H3. The van der Waals surface area contributed by atoms with Crippen LogP contribution in [0, 0.1) is 0 Å². The first-order valence-corrected chi connectivity index (χ1v) is 8.36. The summed E-state index contributed by atoms with van der Waals surface area (Å²) in [5.74, 6) is 1.17. The number of benzene rings is 3. The topological polar surface area (TPSA) is 44.8 Å². The molecule has 3 rings (SSSR count). The van der Waals surface area contributed by atoms with E-state index in [0.717, 1.165) is 11.1 Å². The summed E-state index contributed by atoms with van der Waals surface area (Å²) in [5, 5.41) is 0. The summed E-state index contributed by atoms with van der Waals surface area (Å²) in [5.41, 5.74) is 2.10. The van der Waals surface area contributed by atoms with Gasteiger partial charge in [-0.05, 0) is 23.3 Å². The van der Waals surface area contributed by atoms with Gasteiger partial charge in [-0.2, -0.15) is 0 Å². The highest BCUT2D eigenvalue weighted by Crippen LogP contribution is 2.33. The third-order valence-electron chi connectivity index (χ3n) is 3.65. The molecule has 0 heterocycles. The van der Waals surface area contributed by atoms with Crippen molar-refractivity contribution in [1.82, 2.24) is 0 Å². The fourth-order valence-electron chi connectivity index (χ4n) is 2.42. The molecule has 0 unspecified atom stereocenters. The van der Waals surface area contributed by atoms with Gasteiger partial charge in [0.1, 0.15) is 19.0 Å². The van der Waals surface area contributed by atoms with Gasteiger partial charge in [0.2, 0.25) is 0 Å². The van der Waals surface area contributed by atoms with Crippen molar-refractivity contribution in [2.24, 2.45) is 0 Å². The van der Waals surface area contributed by atoms with Gasteiger partial charge in [0, 0.05) is 13.0 Å². The van der Waals surface area contributed by atoms with Gasteiger partial charge in [0.25, 0.3) is 0 Å². The fraction of sp³-hybridized carbons (Fsp3) is 0.136. The van der Waals surface area contributed by atoms with E-state index in [4.69, 9.17) is 14.2 Å². The maximum absolute atomic E-state index is 11.2. The van der Waals surface area contributed by atoms with E-state index in [1.807, 2.05) is 60.7 Å². The van der Waals surface area contributed by atoms with Crippen LogP contribution in [0.5, 0.6) is 17.2 Å². The number of carbonyl (C=O) groups is 1. The van der Waals surface area contributed by atoms with Crippen LogP contribution < -0.4 is 14.2 Å². The first-order valence-electron chi connectivity index (χ1n) is 8.36. The second kappa shape index (κ2) is 8.72. The molecule has 0 atom stereocenters. The summed E-state index contributed by atoms with van der Waals surface area (Å²) in [7, 11) is 0. The highest BCUT2D eigenvalue weighted by Gasteiger charge is 2.10. The molecule has 0 bridgehead atoms. The zero-order chi connectivity index (χ0) is 18.2. The number of carbonyl (C=O) groups excluding carboxylic acids is 1. The number of hydrogen-bond acceptors (Lipinski definition) is 4. The van der Waals surface area contributed by atoms with Crippen molar-refractivity contribution >= 4 is 5.97 Å². The average molecular weight is 348 g/mol. The second-order valence-corrected chi connectivity index (χ2v) is 5.75. The molecule has 3 aromatic carbocycles. The molecule has 4 nitrogen and oxygen atoms in total. The lowest BCUT2D eigenvalue weighted by molar-refractivity contribution is -0.131. The van der Waals surface area contributed by atoms with Crippen LogP contribution in [-0.4, -0.2) is 5.97 Å². The van der Waals surface area contributed by atoms with Crippen LogP contribution in [0.3, 0.4) is 0 Å². The Morgan fingerprint density at radius 1 is 0.731 bits per heavy atom. The van der Waals surface area contributed by atoms with Gasteiger partial charge >= 0.3 is 5.97 Å². The third-order valence-corrected chi connectivity index (χ3v) is 3.65. The van der Waals surface area contributed by atoms with E-state index in [1.54, 1.807) is 18.2 Å². The van der Waals surface area contributed by atoms with Crippen molar-refractivity contribution in [3.8, 4) is 17.2 Å².